The number of benzene rings is 1. The van der Waals surface area contributed by atoms with E-state index >= 15 is 0 Å². The van der Waals surface area contributed by atoms with Crippen LogP contribution in [0.3, 0.4) is 0 Å². The molecule has 2 aliphatic rings. The van der Waals surface area contributed by atoms with Crippen molar-refractivity contribution >= 4 is 16.0 Å². The van der Waals surface area contributed by atoms with Crippen LogP contribution in [0.25, 0.3) is 0 Å². The maximum absolute atomic E-state index is 13.1. The molecule has 0 N–H and O–H groups in total. The number of fused-ring (bicyclic) bond motifs is 1. The molecule has 1 aromatic carbocycles. The van der Waals surface area contributed by atoms with Crippen LogP contribution >= 0.6 is 0 Å². The third-order valence-corrected chi connectivity index (χ3v) is 6.69. The van der Waals surface area contributed by atoms with Gasteiger partial charge in [-0.25, -0.2) is 22.8 Å². The van der Waals surface area contributed by atoms with Crippen molar-refractivity contribution in [3.8, 4) is 0 Å². The van der Waals surface area contributed by atoms with Crippen LogP contribution in [0.15, 0.2) is 47.6 Å². The smallest absolute Gasteiger partial charge is 0.243 e. The molecule has 24 heavy (non-hydrogen) atoms. The summed E-state index contributed by atoms with van der Waals surface area (Å²) in [5.41, 5.74) is 0. The Balaban J connectivity index is 1.60. The molecule has 2 aliphatic heterocycles. The van der Waals surface area contributed by atoms with Crippen LogP contribution in [-0.2, 0) is 10.0 Å². The number of halogens is 1. The Morgan fingerprint density at radius 1 is 1.00 bits per heavy atom. The SMILES string of the molecule is O=S(=O)(c1ccc(F)cc1)N1CC[C@@H]2[C@@H]1CCN2c1ncccn1. The normalized spacial score (nSPS) is 24.3. The van der Waals surface area contributed by atoms with Crippen molar-refractivity contribution in [1.82, 2.24) is 14.3 Å². The average Bonchev–Trinajstić information content (AvgIpc) is 3.17. The van der Waals surface area contributed by atoms with Crippen LogP contribution in [-0.4, -0.2) is 47.9 Å². The lowest BCUT2D eigenvalue weighted by Crippen LogP contribution is -2.40. The summed E-state index contributed by atoms with van der Waals surface area (Å²) in [5, 5.41) is 0. The first kappa shape index (κ1) is 15.5. The predicted molar refractivity (Wildman–Crippen MR) is 86.5 cm³/mol. The number of hydrogen-bond acceptors (Lipinski definition) is 5. The molecule has 0 amide bonds. The van der Waals surface area contributed by atoms with Crippen molar-refractivity contribution < 1.29 is 12.8 Å². The topological polar surface area (TPSA) is 66.4 Å². The highest BCUT2D eigenvalue weighted by Crippen LogP contribution is 2.36. The molecular formula is C16H17FN4O2S. The number of anilines is 1. The van der Waals surface area contributed by atoms with Gasteiger partial charge >= 0.3 is 0 Å². The fourth-order valence-corrected chi connectivity index (χ4v) is 5.37. The third-order valence-electron chi connectivity index (χ3n) is 4.75. The molecule has 0 aliphatic carbocycles. The Morgan fingerprint density at radius 3 is 2.38 bits per heavy atom. The van der Waals surface area contributed by atoms with E-state index in [0.717, 1.165) is 19.4 Å². The minimum atomic E-state index is -3.62. The first-order chi connectivity index (χ1) is 11.6. The Hall–Kier alpha value is -2.06. The number of nitrogens with zero attached hydrogens (tertiary/aromatic N) is 4. The number of sulfonamides is 1. The highest BCUT2D eigenvalue weighted by molar-refractivity contribution is 7.89. The summed E-state index contributed by atoms with van der Waals surface area (Å²) in [6.45, 7) is 1.19. The van der Waals surface area contributed by atoms with Crippen LogP contribution in [0.4, 0.5) is 10.3 Å². The van der Waals surface area contributed by atoms with E-state index in [4.69, 9.17) is 0 Å². The minimum Gasteiger partial charge on any atom is -0.336 e. The molecule has 126 valence electrons. The molecule has 1 aromatic heterocycles. The molecule has 2 fully saturated rings. The Labute approximate surface area is 140 Å². The van der Waals surface area contributed by atoms with Gasteiger partial charge in [-0.05, 0) is 43.2 Å². The van der Waals surface area contributed by atoms with Crippen LogP contribution in [0.5, 0.6) is 0 Å². The van der Waals surface area contributed by atoms with Gasteiger partial charge in [0.25, 0.3) is 0 Å². The van der Waals surface area contributed by atoms with Crippen LogP contribution < -0.4 is 4.90 Å². The second kappa shape index (κ2) is 5.78. The molecule has 6 nitrogen and oxygen atoms in total. The molecule has 2 aromatic rings. The van der Waals surface area contributed by atoms with Gasteiger partial charge in [-0.2, -0.15) is 4.31 Å². The predicted octanol–water partition coefficient (Wildman–Crippen LogP) is 1.66. The van der Waals surface area contributed by atoms with Crippen molar-refractivity contribution in [1.29, 1.82) is 0 Å². The van der Waals surface area contributed by atoms with E-state index in [1.165, 1.54) is 24.3 Å². The maximum atomic E-state index is 13.1. The molecule has 4 rings (SSSR count). The zero-order valence-electron chi connectivity index (χ0n) is 12.9. The molecular weight excluding hydrogens is 331 g/mol. The zero-order chi connectivity index (χ0) is 16.7. The average molecular weight is 348 g/mol. The molecule has 0 unspecified atom stereocenters. The molecule has 0 saturated carbocycles. The van der Waals surface area contributed by atoms with E-state index in [-0.39, 0.29) is 17.0 Å². The fourth-order valence-electron chi connectivity index (χ4n) is 3.67. The summed E-state index contributed by atoms with van der Waals surface area (Å²) in [6.07, 6.45) is 4.86. The van der Waals surface area contributed by atoms with Gasteiger partial charge in [-0.15, -0.1) is 0 Å². The van der Waals surface area contributed by atoms with Crippen LogP contribution in [0, 0.1) is 5.82 Å². The zero-order valence-corrected chi connectivity index (χ0v) is 13.7. The summed E-state index contributed by atoms with van der Waals surface area (Å²) < 4.78 is 40.4. The van der Waals surface area contributed by atoms with E-state index in [2.05, 4.69) is 14.9 Å². The van der Waals surface area contributed by atoms with Gasteiger partial charge in [-0.1, -0.05) is 0 Å². The van der Waals surface area contributed by atoms with Gasteiger partial charge in [0, 0.05) is 37.6 Å². The largest absolute Gasteiger partial charge is 0.336 e. The lowest BCUT2D eigenvalue weighted by Gasteiger charge is -2.25. The van der Waals surface area contributed by atoms with E-state index in [0.29, 0.717) is 12.5 Å². The first-order valence-electron chi connectivity index (χ1n) is 7.88. The first-order valence-corrected chi connectivity index (χ1v) is 9.32. The molecule has 0 spiro atoms. The second-order valence-electron chi connectivity index (χ2n) is 6.02. The van der Waals surface area contributed by atoms with Crippen molar-refractivity contribution in [3.63, 3.8) is 0 Å². The maximum Gasteiger partial charge on any atom is 0.243 e. The Kier molecular flexibility index (Phi) is 3.73. The van der Waals surface area contributed by atoms with Crippen LogP contribution in [0.2, 0.25) is 0 Å². The van der Waals surface area contributed by atoms with E-state index in [1.54, 1.807) is 22.8 Å². The highest BCUT2D eigenvalue weighted by atomic mass is 32.2. The molecule has 0 radical (unpaired) electrons. The second-order valence-corrected chi connectivity index (χ2v) is 7.91. The summed E-state index contributed by atoms with van der Waals surface area (Å²) in [5.74, 6) is 0.201. The third kappa shape index (κ3) is 2.46. The molecule has 8 heteroatoms. The lowest BCUT2D eigenvalue weighted by molar-refractivity contribution is 0.388. The standard InChI is InChI=1S/C16H17FN4O2S/c17-12-2-4-13(5-3-12)24(22,23)21-11-7-14-15(21)6-10-20(14)16-18-8-1-9-19-16/h1-5,8-9,14-15H,6-7,10-11H2/t14-,15+/m1/s1. The van der Waals surface area contributed by atoms with E-state index in [1.807, 2.05) is 0 Å². The fraction of sp³-hybridized carbons (Fsp3) is 0.375. The van der Waals surface area contributed by atoms with Crippen LogP contribution in [0.1, 0.15) is 12.8 Å². The quantitative estimate of drug-likeness (QED) is 0.844. The van der Waals surface area contributed by atoms with Gasteiger partial charge < -0.3 is 4.90 Å². The van der Waals surface area contributed by atoms with Crippen molar-refractivity contribution in [2.24, 2.45) is 0 Å². The van der Waals surface area contributed by atoms with Gasteiger partial charge in [0.05, 0.1) is 4.90 Å². The Bertz CT molecular complexity index is 829. The Morgan fingerprint density at radius 2 is 1.67 bits per heavy atom. The molecule has 3 heterocycles. The molecule has 2 atom stereocenters. The number of hydrogen-bond donors (Lipinski definition) is 0. The molecule has 0 bridgehead atoms. The summed E-state index contributed by atoms with van der Waals surface area (Å²) in [4.78, 5) is 10.8. The number of aromatic nitrogens is 2. The van der Waals surface area contributed by atoms with Crippen molar-refractivity contribution in [2.45, 2.75) is 29.8 Å². The summed E-state index contributed by atoms with van der Waals surface area (Å²) >= 11 is 0. The van der Waals surface area contributed by atoms with Gasteiger partial charge in [0.1, 0.15) is 5.82 Å². The molecule has 2 saturated heterocycles. The van der Waals surface area contributed by atoms with Crippen molar-refractivity contribution in [3.05, 3.63) is 48.5 Å². The summed E-state index contributed by atoms with van der Waals surface area (Å²) in [6, 6.07) is 6.76. The monoisotopic (exact) mass is 348 g/mol. The van der Waals surface area contributed by atoms with E-state index in [9.17, 15) is 12.8 Å². The van der Waals surface area contributed by atoms with E-state index < -0.39 is 15.8 Å². The van der Waals surface area contributed by atoms with Gasteiger partial charge in [0.2, 0.25) is 16.0 Å². The van der Waals surface area contributed by atoms with Gasteiger partial charge in [0.15, 0.2) is 0 Å². The highest BCUT2D eigenvalue weighted by Gasteiger charge is 2.48. The number of rotatable bonds is 3. The van der Waals surface area contributed by atoms with Crippen molar-refractivity contribution in [2.75, 3.05) is 18.0 Å². The lowest BCUT2D eigenvalue weighted by atomic mass is 10.1. The van der Waals surface area contributed by atoms with Gasteiger partial charge in [-0.3, -0.25) is 0 Å². The summed E-state index contributed by atoms with van der Waals surface area (Å²) in [7, 11) is -3.62. The minimum absolute atomic E-state index is 0.0858.